The van der Waals surface area contributed by atoms with Crippen LogP contribution in [-0.4, -0.2) is 18.1 Å². The number of ether oxygens (including phenoxy) is 1. The van der Waals surface area contributed by atoms with E-state index in [9.17, 15) is 9.18 Å². The molecule has 0 radical (unpaired) electrons. The van der Waals surface area contributed by atoms with Crippen molar-refractivity contribution in [2.24, 2.45) is 0 Å². The summed E-state index contributed by atoms with van der Waals surface area (Å²) in [5, 5.41) is 6.45. The molecule has 0 fully saturated rings. The third-order valence-electron chi connectivity index (χ3n) is 5.15. The van der Waals surface area contributed by atoms with Gasteiger partial charge >= 0.3 is 6.03 Å². The minimum absolute atomic E-state index is 0.300. The first-order valence-corrected chi connectivity index (χ1v) is 9.83. The van der Waals surface area contributed by atoms with Crippen molar-refractivity contribution in [3.63, 3.8) is 0 Å². The van der Waals surface area contributed by atoms with Crippen molar-refractivity contribution >= 4 is 28.3 Å². The molecule has 0 aliphatic rings. The Kier molecular flexibility index (Phi) is 5.54. The summed E-state index contributed by atoms with van der Waals surface area (Å²) in [5.74, 6) is 0.314. The van der Waals surface area contributed by atoms with Crippen LogP contribution >= 0.6 is 0 Å². The van der Waals surface area contributed by atoms with Gasteiger partial charge in [-0.05, 0) is 79.6 Å². The van der Waals surface area contributed by atoms with Crippen LogP contribution in [0.4, 0.5) is 20.6 Å². The van der Waals surface area contributed by atoms with Gasteiger partial charge < -0.3 is 15.4 Å². The van der Waals surface area contributed by atoms with Gasteiger partial charge in [0.15, 0.2) is 0 Å². The second-order valence-electron chi connectivity index (χ2n) is 7.33. The summed E-state index contributed by atoms with van der Waals surface area (Å²) < 4.78 is 18.8. The van der Waals surface area contributed by atoms with Crippen LogP contribution in [0.5, 0.6) is 5.75 Å². The number of rotatable bonds is 4. The van der Waals surface area contributed by atoms with E-state index >= 15 is 0 Å². The Labute approximate surface area is 179 Å². The molecule has 0 atom stereocenters. The number of halogens is 1. The number of aryl methyl sites for hydroxylation is 2. The molecule has 6 heteroatoms. The lowest BCUT2D eigenvalue weighted by molar-refractivity contribution is 0.262. The van der Waals surface area contributed by atoms with Crippen molar-refractivity contribution in [1.82, 2.24) is 4.98 Å². The Hall–Kier alpha value is -3.93. The Morgan fingerprint density at radius 1 is 0.871 bits per heavy atom. The molecule has 2 N–H and O–H groups in total. The van der Waals surface area contributed by atoms with Gasteiger partial charge in [0, 0.05) is 28.4 Å². The van der Waals surface area contributed by atoms with Crippen LogP contribution in [0.3, 0.4) is 0 Å². The van der Waals surface area contributed by atoms with Crippen molar-refractivity contribution in [3.8, 4) is 17.0 Å². The number of nitrogens with zero attached hydrogens (tertiary/aromatic N) is 1. The van der Waals surface area contributed by atoms with E-state index < -0.39 is 0 Å². The molecule has 0 bridgehead atoms. The van der Waals surface area contributed by atoms with E-state index in [0.29, 0.717) is 22.6 Å². The number of nitrogens with one attached hydrogen (secondary N) is 2. The van der Waals surface area contributed by atoms with Crippen molar-refractivity contribution in [1.29, 1.82) is 0 Å². The van der Waals surface area contributed by atoms with Crippen LogP contribution in [0, 0.1) is 19.7 Å². The van der Waals surface area contributed by atoms with Crippen molar-refractivity contribution in [2.45, 2.75) is 13.8 Å². The maximum atomic E-state index is 13.2. The topological polar surface area (TPSA) is 63.2 Å². The van der Waals surface area contributed by atoms with Crippen molar-refractivity contribution in [3.05, 3.63) is 83.7 Å². The number of amides is 2. The zero-order valence-corrected chi connectivity index (χ0v) is 17.5. The Morgan fingerprint density at radius 2 is 1.55 bits per heavy atom. The summed E-state index contributed by atoms with van der Waals surface area (Å²) in [6.45, 7) is 4.03. The molecule has 2 amide bonds. The zero-order chi connectivity index (χ0) is 22.0. The molecule has 3 aromatic carbocycles. The molecule has 0 saturated heterocycles. The number of pyridine rings is 1. The van der Waals surface area contributed by atoms with E-state index in [1.807, 2.05) is 44.2 Å². The van der Waals surface area contributed by atoms with Crippen LogP contribution in [0.2, 0.25) is 0 Å². The fourth-order valence-electron chi connectivity index (χ4n) is 3.32. The smallest absolute Gasteiger partial charge is 0.323 e. The predicted molar refractivity (Wildman–Crippen MR) is 122 cm³/mol. The quantitative estimate of drug-likeness (QED) is 0.410. The second kappa shape index (κ2) is 8.44. The number of hydrogen-bond acceptors (Lipinski definition) is 3. The summed E-state index contributed by atoms with van der Waals surface area (Å²) in [7, 11) is 1.58. The maximum absolute atomic E-state index is 13.2. The average Bonchev–Trinajstić information content (AvgIpc) is 2.76. The minimum atomic E-state index is -0.336. The van der Waals surface area contributed by atoms with E-state index in [-0.39, 0.29) is 11.8 Å². The van der Waals surface area contributed by atoms with E-state index in [0.717, 1.165) is 22.2 Å². The largest absolute Gasteiger partial charge is 0.496 e. The number of anilines is 2. The van der Waals surface area contributed by atoms with Gasteiger partial charge in [0.2, 0.25) is 0 Å². The summed E-state index contributed by atoms with van der Waals surface area (Å²) >= 11 is 0. The van der Waals surface area contributed by atoms with Gasteiger partial charge in [-0.25, -0.2) is 14.2 Å². The summed E-state index contributed by atoms with van der Waals surface area (Å²) in [6, 6.07) is 18.8. The third kappa shape index (κ3) is 4.48. The predicted octanol–water partition coefficient (Wildman–Crippen LogP) is 6.31. The summed E-state index contributed by atoms with van der Waals surface area (Å²) in [5.41, 5.74) is 5.79. The first kappa shape index (κ1) is 20.3. The SMILES string of the molecule is COc1cc(-c2ccc(F)cc2)nc2ccc(NC(=O)Nc3ccc(C)c(C)c3)cc12. The van der Waals surface area contributed by atoms with Gasteiger partial charge in [-0.3, -0.25) is 0 Å². The minimum Gasteiger partial charge on any atom is -0.496 e. The molecule has 1 aromatic heterocycles. The van der Waals surface area contributed by atoms with Gasteiger partial charge in [0.25, 0.3) is 0 Å². The fourth-order valence-corrected chi connectivity index (χ4v) is 3.32. The number of carbonyl (C=O) groups is 1. The van der Waals surface area contributed by atoms with Crippen LogP contribution < -0.4 is 15.4 Å². The monoisotopic (exact) mass is 415 g/mol. The Morgan fingerprint density at radius 3 is 2.23 bits per heavy atom. The van der Waals surface area contributed by atoms with Crippen molar-refractivity contribution in [2.75, 3.05) is 17.7 Å². The van der Waals surface area contributed by atoms with E-state index in [1.54, 1.807) is 31.4 Å². The Bertz CT molecular complexity index is 1270. The molecular weight excluding hydrogens is 393 g/mol. The van der Waals surface area contributed by atoms with Crippen LogP contribution in [0.15, 0.2) is 66.7 Å². The number of methoxy groups -OCH3 is 1. The van der Waals surface area contributed by atoms with Crippen molar-refractivity contribution < 1.29 is 13.9 Å². The molecule has 5 nitrogen and oxygen atoms in total. The third-order valence-corrected chi connectivity index (χ3v) is 5.15. The van der Waals surface area contributed by atoms with Crippen LogP contribution in [0.25, 0.3) is 22.2 Å². The van der Waals surface area contributed by atoms with E-state index in [2.05, 4.69) is 15.6 Å². The standard InChI is InChI=1S/C25H22FN3O2/c1-15-4-9-19(12-16(15)2)27-25(30)28-20-10-11-22-21(13-20)24(31-3)14-23(29-22)17-5-7-18(26)8-6-17/h4-14H,1-3H3,(H2,27,28,30). The number of carbonyl (C=O) groups excluding carboxylic acids is 1. The number of benzene rings is 3. The van der Waals surface area contributed by atoms with Gasteiger partial charge in [-0.2, -0.15) is 0 Å². The lowest BCUT2D eigenvalue weighted by Gasteiger charge is -2.12. The molecule has 4 aromatic rings. The molecule has 0 spiro atoms. The number of aromatic nitrogens is 1. The highest BCUT2D eigenvalue weighted by Crippen LogP contribution is 2.32. The van der Waals surface area contributed by atoms with Gasteiger partial charge in [0.1, 0.15) is 11.6 Å². The molecule has 4 rings (SSSR count). The molecule has 156 valence electrons. The lowest BCUT2D eigenvalue weighted by Crippen LogP contribution is -2.19. The van der Waals surface area contributed by atoms with Crippen LogP contribution in [0.1, 0.15) is 11.1 Å². The maximum Gasteiger partial charge on any atom is 0.323 e. The highest BCUT2D eigenvalue weighted by Gasteiger charge is 2.11. The Balaban J connectivity index is 1.59. The highest BCUT2D eigenvalue weighted by molar-refractivity contribution is 6.01. The summed E-state index contributed by atoms with van der Waals surface area (Å²) in [6.07, 6.45) is 0. The summed E-state index contributed by atoms with van der Waals surface area (Å²) in [4.78, 5) is 17.1. The molecule has 0 aliphatic carbocycles. The van der Waals surface area contributed by atoms with E-state index in [1.165, 1.54) is 17.7 Å². The lowest BCUT2D eigenvalue weighted by atomic mass is 10.1. The average molecular weight is 415 g/mol. The van der Waals surface area contributed by atoms with Gasteiger partial charge in [-0.1, -0.05) is 6.07 Å². The van der Waals surface area contributed by atoms with E-state index in [4.69, 9.17) is 4.74 Å². The molecule has 0 aliphatic heterocycles. The molecular formula is C25H22FN3O2. The highest BCUT2D eigenvalue weighted by atomic mass is 19.1. The van der Waals surface area contributed by atoms with Crippen LogP contribution in [-0.2, 0) is 0 Å². The normalized spacial score (nSPS) is 10.7. The first-order valence-electron chi connectivity index (χ1n) is 9.83. The van der Waals surface area contributed by atoms with Gasteiger partial charge in [-0.15, -0.1) is 0 Å². The molecule has 0 unspecified atom stereocenters. The number of hydrogen-bond donors (Lipinski definition) is 2. The number of urea groups is 1. The molecule has 31 heavy (non-hydrogen) atoms. The second-order valence-corrected chi connectivity index (χ2v) is 7.33. The zero-order valence-electron chi connectivity index (χ0n) is 17.5. The first-order chi connectivity index (χ1) is 14.9. The number of fused-ring (bicyclic) bond motifs is 1. The molecule has 0 saturated carbocycles. The van der Waals surface area contributed by atoms with Gasteiger partial charge in [0.05, 0.1) is 18.3 Å². The molecule has 1 heterocycles. The fraction of sp³-hybridized carbons (Fsp3) is 0.120.